The van der Waals surface area contributed by atoms with Crippen LogP contribution in [0.5, 0.6) is 0 Å². The summed E-state index contributed by atoms with van der Waals surface area (Å²) in [5.74, 6) is 4.70. The molecule has 0 fully saturated rings. The number of carbonyl (C=O) groups excluding carboxylic acids is 2. The van der Waals surface area contributed by atoms with Gasteiger partial charge in [0.25, 0.3) is 0 Å². The standard InChI is InChI=1S/C6H14N4O2/c1-2-8-5(11)3-4-9-6(12)10-7/h2-4,7H2,1H3,(H,8,11)(H2,9,10,12). The summed E-state index contributed by atoms with van der Waals surface area (Å²) in [5, 5.41) is 4.98. The second-order valence-electron chi connectivity index (χ2n) is 2.10. The van der Waals surface area contributed by atoms with E-state index in [4.69, 9.17) is 5.84 Å². The lowest BCUT2D eigenvalue weighted by Crippen LogP contribution is -2.41. The van der Waals surface area contributed by atoms with Gasteiger partial charge in [-0.25, -0.2) is 10.6 Å². The van der Waals surface area contributed by atoms with Gasteiger partial charge >= 0.3 is 6.03 Å². The summed E-state index contributed by atoms with van der Waals surface area (Å²) in [6, 6.07) is -0.487. The van der Waals surface area contributed by atoms with Crippen LogP contribution in [0.4, 0.5) is 4.79 Å². The number of carbonyl (C=O) groups is 2. The topological polar surface area (TPSA) is 96.2 Å². The van der Waals surface area contributed by atoms with Crippen molar-refractivity contribution < 1.29 is 9.59 Å². The number of nitrogens with two attached hydrogens (primary N) is 1. The molecule has 0 aromatic carbocycles. The minimum atomic E-state index is -0.487. The van der Waals surface area contributed by atoms with E-state index in [1.807, 2.05) is 12.3 Å². The molecule has 0 radical (unpaired) electrons. The lowest BCUT2D eigenvalue weighted by atomic mass is 10.4. The van der Waals surface area contributed by atoms with E-state index in [1.165, 1.54) is 0 Å². The van der Waals surface area contributed by atoms with Gasteiger partial charge in [-0.15, -0.1) is 0 Å². The van der Waals surface area contributed by atoms with Gasteiger partial charge in [0.2, 0.25) is 5.91 Å². The van der Waals surface area contributed by atoms with Crippen molar-refractivity contribution in [1.29, 1.82) is 0 Å². The van der Waals surface area contributed by atoms with E-state index in [2.05, 4.69) is 10.6 Å². The molecule has 6 heteroatoms. The molecule has 5 N–H and O–H groups in total. The van der Waals surface area contributed by atoms with E-state index < -0.39 is 6.03 Å². The van der Waals surface area contributed by atoms with Crippen LogP contribution < -0.4 is 21.9 Å². The van der Waals surface area contributed by atoms with Crippen molar-refractivity contribution in [2.24, 2.45) is 5.84 Å². The number of amides is 3. The fourth-order valence-electron chi connectivity index (χ4n) is 0.626. The van der Waals surface area contributed by atoms with Crippen LogP contribution in [0.3, 0.4) is 0 Å². The molecular weight excluding hydrogens is 160 g/mol. The normalized spacial score (nSPS) is 8.83. The van der Waals surface area contributed by atoms with Crippen molar-refractivity contribution in [3.8, 4) is 0 Å². The molecule has 0 unspecified atom stereocenters. The van der Waals surface area contributed by atoms with E-state index in [9.17, 15) is 9.59 Å². The Bertz CT molecular complexity index is 160. The summed E-state index contributed by atoms with van der Waals surface area (Å²) >= 11 is 0. The highest BCUT2D eigenvalue weighted by atomic mass is 16.2. The number of urea groups is 1. The molecule has 0 heterocycles. The van der Waals surface area contributed by atoms with Crippen LogP contribution in [0, 0.1) is 0 Å². The van der Waals surface area contributed by atoms with Crippen molar-refractivity contribution in [2.45, 2.75) is 13.3 Å². The SMILES string of the molecule is CCNC(=O)CCNC(=O)NN. The molecule has 0 aliphatic carbocycles. The molecule has 0 aliphatic heterocycles. The molecule has 0 saturated carbocycles. The molecule has 0 atom stereocenters. The number of hydrogen-bond acceptors (Lipinski definition) is 3. The van der Waals surface area contributed by atoms with Crippen molar-refractivity contribution >= 4 is 11.9 Å². The fourth-order valence-corrected chi connectivity index (χ4v) is 0.626. The van der Waals surface area contributed by atoms with Crippen molar-refractivity contribution in [3.05, 3.63) is 0 Å². The van der Waals surface area contributed by atoms with Crippen LogP contribution in [0.25, 0.3) is 0 Å². The Morgan fingerprint density at radius 2 is 2.00 bits per heavy atom. The fraction of sp³-hybridized carbons (Fsp3) is 0.667. The van der Waals surface area contributed by atoms with Gasteiger partial charge in [-0.3, -0.25) is 10.2 Å². The van der Waals surface area contributed by atoms with Crippen LogP contribution in [0.2, 0.25) is 0 Å². The summed E-state index contributed by atoms with van der Waals surface area (Å²) < 4.78 is 0. The number of rotatable bonds is 4. The molecule has 0 spiro atoms. The van der Waals surface area contributed by atoms with E-state index in [0.717, 1.165) is 0 Å². The Hall–Kier alpha value is -1.30. The monoisotopic (exact) mass is 174 g/mol. The molecule has 0 rings (SSSR count). The first kappa shape index (κ1) is 10.7. The first-order chi connectivity index (χ1) is 5.70. The van der Waals surface area contributed by atoms with E-state index >= 15 is 0 Å². The van der Waals surface area contributed by atoms with Crippen molar-refractivity contribution in [3.63, 3.8) is 0 Å². The molecule has 0 aromatic rings. The molecule has 12 heavy (non-hydrogen) atoms. The maximum atomic E-state index is 10.8. The molecule has 70 valence electrons. The number of nitrogens with one attached hydrogen (secondary N) is 3. The lowest BCUT2D eigenvalue weighted by molar-refractivity contribution is -0.120. The third-order valence-corrected chi connectivity index (χ3v) is 1.14. The van der Waals surface area contributed by atoms with Gasteiger partial charge in [-0.05, 0) is 6.92 Å². The molecule has 0 aliphatic rings. The Kier molecular flexibility index (Phi) is 5.72. The Morgan fingerprint density at radius 3 is 2.50 bits per heavy atom. The van der Waals surface area contributed by atoms with Crippen LogP contribution >= 0.6 is 0 Å². The smallest absolute Gasteiger partial charge is 0.328 e. The van der Waals surface area contributed by atoms with Crippen LogP contribution in [-0.4, -0.2) is 25.0 Å². The quantitative estimate of drug-likeness (QED) is 0.242. The Balaban J connectivity index is 3.30. The highest BCUT2D eigenvalue weighted by Gasteiger charge is 1.99. The zero-order valence-corrected chi connectivity index (χ0v) is 7.02. The predicted octanol–water partition coefficient (Wildman–Crippen LogP) is -1.31. The highest BCUT2D eigenvalue weighted by molar-refractivity contribution is 5.77. The van der Waals surface area contributed by atoms with Crippen molar-refractivity contribution in [2.75, 3.05) is 13.1 Å². The summed E-state index contributed by atoms with van der Waals surface area (Å²) in [7, 11) is 0. The average molecular weight is 174 g/mol. The third-order valence-electron chi connectivity index (χ3n) is 1.14. The zero-order valence-electron chi connectivity index (χ0n) is 7.02. The van der Waals surface area contributed by atoms with Crippen LogP contribution in [0.15, 0.2) is 0 Å². The maximum absolute atomic E-state index is 10.8. The summed E-state index contributed by atoms with van der Waals surface area (Å²) in [4.78, 5) is 21.3. The molecular formula is C6H14N4O2. The van der Waals surface area contributed by atoms with Gasteiger partial charge in [0.1, 0.15) is 0 Å². The molecule has 0 aromatic heterocycles. The summed E-state index contributed by atoms with van der Waals surface area (Å²) in [6.07, 6.45) is 0.265. The first-order valence-electron chi connectivity index (χ1n) is 3.71. The van der Waals surface area contributed by atoms with E-state index in [0.29, 0.717) is 6.54 Å². The van der Waals surface area contributed by atoms with Crippen LogP contribution in [0.1, 0.15) is 13.3 Å². The molecule has 6 nitrogen and oxygen atoms in total. The van der Waals surface area contributed by atoms with Gasteiger partial charge in [-0.2, -0.15) is 0 Å². The predicted molar refractivity (Wildman–Crippen MR) is 44.0 cm³/mol. The minimum absolute atomic E-state index is 0.0881. The summed E-state index contributed by atoms with van der Waals surface area (Å²) in [5.41, 5.74) is 1.89. The Labute approximate surface area is 70.8 Å². The van der Waals surface area contributed by atoms with Gasteiger partial charge in [-0.1, -0.05) is 0 Å². The largest absolute Gasteiger partial charge is 0.356 e. The molecule has 0 bridgehead atoms. The Morgan fingerprint density at radius 1 is 1.33 bits per heavy atom. The first-order valence-corrected chi connectivity index (χ1v) is 3.71. The minimum Gasteiger partial charge on any atom is -0.356 e. The number of hydrazine groups is 1. The second kappa shape index (κ2) is 6.41. The number of hydrogen-bond donors (Lipinski definition) is 4. The summed E-state index contributed by atoms with van der Waals surface area (Å²) in [6.45, 7) is 2.72. The van der Waals surface area contributed by atoms with Crippen molar-refractivity contribution in [1.82, 2.24) is 16.1 Å². The third kappa shape index (κ3) is 5.48. The molecule has 3 amide bonds. The lowest BCUT2D eigenvalue weighted by Gasteiger charge is -2.03. The van der Waals surface area contributed by atoms with Gasteiger partial charge < -0.3 is 10.6 Å². The van der Waals surface area contributed by atoms with Crippen LogP contribution in [-0.2, 0) is 4.79 Å². The zero-order chi connectivity index (χ0) is 9.40. The van der Waals surface area contributed by atoms with E-state index in [1.54, 1.807) is 0 Å². The van der Waals surface area contributed by atoms with Gasteiger partial charge in [0.15, 0.2) is 0 Å². The highest BCUT2D eigenvalue weighted by Crippen LogP contribution is 1.75. The molecule has 0 saturated heterocycles. The maximum Gasteiger partial charge on any atom is 0.328 e. The second-order valence-corrected chi connectivity index (χ2v) is 2.10. The van der Waals surface area contributed by atoms with E-state index in [-0.39, 0.29) is 18.9 Å². The average Bonchev–Trinajstić information content (AvgIpc) is 2.04. The van der Waals surface area contributed by atoms with Gasteiger partial charge in [0, 0.05) is 19.5 Å². The van der Waals surface area contributed by atoms with Gasteiger partial charge in [0.05, 0.1) is 0 Å².